The third-order valence-corrected chi connectivity index (χ3v) is 4.05. The molecule has 0 fully saturated rings. The van der Waals surface area contributed by atoms with E-state index < -0.39 is 41.6 Å². The minimum atomic E-state index is -4.80. The maximum atomic E-state index is 13.5. The van der Waals surface area contributed by atoms with Crippen molar-refractivity contribution in [1.29, 1.82) is 5.26 Å². The summed E-state index contributed by atoms with van der Waals surface area (Å²) in [5, 5.41) is 13.1. The van der Waals surface area contributed by atoms with Gasteiger partial charge in [-0.2, -0.15) is 41.7 Å². The summed E-state index contributed by atoms with van der Waals surface area (Å²) in [5.41, 5.74) is 2.42. The number of rotatable bonds is 2. The van der Waals surface area contributed by atoms with Gasteiger partial charge in [0.25, 0.3) is 0 Å². The molecule has 29 heavy (non-hydrogen) atoms. The second-order valence-electron chi connectivity index (χ2n) is 6.02. The van der Waals surface area contributed by atoms with Gasteiger partial charge in [0, 0.05) is 19.9 Å². The van der Waals surface area contributed by atoms with Crippen molar-refractivity contribution in [3.8, 4) is 6.07 Å². The topological polar surface area (TPSA) is 90.1 Å². The lowest BCUT2D eigenvalue weighted by Crippen LogP contribution is -2.36. The molecule has 12 heteroatoms. The van der Waals surface area contributed by atoms with Crippen LogP contribution in [0.1, 0.15) is 36.5 Å². The molecular formula is C17H16F6N6. The fraction of sp³-hybridized carbons (Fsp3) is 0.412. The molecule has 1 aromatic rings. The molecule has 0 atom stereocenters. The third-order valence-electron chi connectivity index (χ3n) is 4.05. The van der Waals surface area contributed by atoms with Crippen molar-refractivity contribution in [2.45, 2.75) is 38.5 Å². The van der Waals surface area contributed by atoms with Crippen molar-refractivity contribution in [2.24, 2.45) is 20.8 Å². The van der Waals surface area contributed by atoms with Crippen LogP contribution in [0.3, 0.4) is 0 Å². The quantitative estimate of drug-likeness (QED) is 0.733. The van der Waals surface area contributed by atoms with Crippen molar-refractivity contribution < 1.29 is 26.3 Å². The highest BCUT2D eigenvalue weighted by Crippen LogP contribution is 2.39. The van der Waals surface area contributed by atoms with Gasteiger partial charge in [0.15, 0.2) is 0 Å². The van der Waals surface area contributed by atoms with Gasteiger partial charge in [-0.3, -0.25) is 0 Å². The van der Waals surface area contributed by atoms with Crippen LogP contribution in [0.2, 0.25) is 0 Å². The number of guanidine groups is 1. The maximum Gasteiger partial charge on any atom is 0.431 e. The number of alkyl halides is 6. The highest BCUT2D eigenvalue weighted by Gasteiger charge is 2.38. The number of aliphatic imine (C=N–C) groups is 2. The Bertz CT molecular complexity index is 920. The summed E-state index contributed by atoms with van der Waals surface area (Å²) in [5.74, 6) is -0.577. The lowest BCUT2D eigenvalue weighted by molar-refractivity contribution is -0.138. The summed E-state index contributed by atoms with van der Waals surface area (Å²) in [6, 6.07) is 3.66. The molecule has 1 aromatic carbocycles. The van der Waals surface area contributed by atoms with Crippen LogP contribution in [-0.2, 0) is 12.6 Å². The molecule has 0 bridgehead atoms. The number of amidine groups is 1. The van der Waals surface area contributed by atoms with Crippen LogP contribution in [0, 0.1) is 11.3 Å². The Labute approximate surface area is 162 Å². The van der Waals surface area contributed by atoms with E-state index >= 15 is 0 Å². The molecule has 0 unspecified atom stereocenters. The molecule has 0 radical (unpaired) electrons. The van der Waals surface area contributed by atoms with Gasteiger partial charge in [-0.05, 0) is 24.1 Å². The highest BCUT2D eigenvalue weighted by atomic mass is 19.4. The van der Waals surface area contributed by atoms with E-state index in [4.69, 9.17) is 11.0 Å². The molecule has 2 rings (SSSR count). The standard InChI is InChI=1S/C17H16F6N6/c1-3-10-11(5-4-9(8-24)14(10)17(21,22)23)26-13-7-6-12(16(18,19)20)28-29(2)15(25)27-13/h4-5H,3,6-7H2,1-2H3,(H2,25,26,27)/b28-12+. The van der Waals surface area contributed by atoms with Crippen molar-refractivity contribution in [3.05, 3.63) is 28.8 Å². The molecule has 1 heterocycles. The number of hydrogen-bond acceptors (Lipinski definition) is 5. The van der Waals surface area contributed by atoms with Crippen molar-refractivity contribution in [2.75, 3.05) is 7.05 Å². The van der Waals surface area contributed by atoms with Gasteiger partial charge in [-0.1, -0.05) is 6.92 Å². The Morgan fingerprint density at radius 1 is 1.17 bits per heavy atom. The number of nitriles is 1. The van der Waals surface area contributed by atoms with Crippen LogP contribution in [0.4, 0.5) is 32.0 Å². The van der Waals surface area contributed by atoms with Crippen molar-refractivity contribution in [3.63, 3.8) is 0 Å². The van der Waals surface area contributed by atoms with Crippen LogP contribution in [0.25, 0.3) is 0 Å². The Hall–Kier alpha value is -3.10. The average molecular weight is 418 g/mol. The van der Waals surface area contributed by atoms with Gasteiger partial charge in [-0.15, -0.1) is 0 Å². The normalized spacial score (nSPS) is 19.1. The lowest BCUT2D eigenvalue weighted by atomic mass is 9.97. The first-order chi connectivity index (χ1) is 13.4. The molecule has 156 valence electrons. The first-order valence-corrected chi connectivity index (χ1v) is 8.31. The van der Waals surface area contributed by atoms with Crippen LogP contribution in [0.15, 0.2) is 27.2 Å². The Morgan fingerprint density at radius 2 is 1.83 bits per heavy atom. The van der Waals surface area contributed by atoms with Crippen LogP contribution < -0.4 is 5.73 Å². The molecule has 0 spiro atoms. The van der Waals surface area contributed by atoms with Crippen molar-refractivity contribution >= 4 is 23.2 Å². The van der Waals surface area contributed by atoms with E-state index in [1.807, 2.05) is 0 Å². The summed E-state index contributed by atoms with van der Waals surface area (Å²) >= 11 is 0. The Balaban J connectivity index is 2.59. The second-order valence-corrected chi connectivity index (χ2v) is 6.02. The van der Waals surface area contributed by atoms with Gasteiger partial charge < -0.3 is 5.73 Å². The van der Waals surface area contributed by atoms with E-state index in [-0.39, 0.29) is 29.9 Å². The first-order valence-electron chi connectivity index (χ1n) is 8.31. The monoisotopic (exact) mass is 418 g/mol. The lowest BCUT2D eigenvalue weighted by Gasteiger charge is -2.20. The Kier molecular flexibility index (Phi) is 6.20. The second kappa shape index (κ2) is 8.10. The third kappa shape index (κ3) is 5.04. The van der Waals surface area contributed by atoms with E-state index in [1.165, 1.54) is 19.1 Å². The van der Waals surface area contributed by atoms with Gasteiger partial charge in [-0.25, -0.2) is 10.0 Å². The minimum Gasteiger partial charge on any atom is -0.368 e. The van der Waals surface area contributed by atoms with Crippen LogP contribution >= 0.6 is 0 Å². The minimum absolute atomic E-state index is 0.106. The van der Waals surface area contributed by atoms with E-state index in [9.17, 15) is 26.3 Å². The molecule has 2 N–H and O–H groups in total. The largest absolute Gasteiger partial charge is 0.431 e. The number of nitrogens with zero attached hydrogens (tertiary/aromatic N) is 5. The number of hydrazone groups is 1. The molecule has 1 aliphatic rings. The molecular weight excluding hydrogens is 402 g/mol. The molecule has 0 aliphatic carbocycles. The summed E-state index contributed by atoms with van der Waals surface area (Å²) in [7, 11) is 1.16. The van der Waals surface area contributed by atoms with E-state index in [0.29, 0.717) is 0 Å². The maximum absolute atomic E-state index is 13.5. The number of hydrogen-bond donors (Lipinski definition) is 1. The Morgan fingerprint density at radius 3 is 2.34 bits per heavy atom. The zero-order valence-corrected chi connectivity index (χ0v) is 15.4. The summed E-state index contributed by atoms with van der Waals surface area (Å²) < 4.78 is 79.6. The predicted octanol–water partition coefficient (Wildman–Crippen LogP) is 4.13. The fourth-order valence-electron chi connectivity index (χ4n) is 2.71. The highest BCUT2D eigenvalue weighted by molar-refractivity contribution is 6.01. The predicted molar refractivity (Wildman–Crippen MR) is 94.7 cm³/mol. The van der Waals surface area contributed by atoms with Crippen molar-refractivity contribution in [1.82, 2.24) is 5.01 Å². The van der Waals surface area contributed by atoms with Gasteiger partial charge in [0.2, 0.25) is 5.96 Å². The zero-order valence-electron chi connectivity index (χ0n) is 15.4. The first kappa shape index (κ1) is 22.2. The molecule has 0 saturated carbocycles. The van der Waals surface area contributed by atoms with Gasteiger partial charge >= 0.3 is 12.4 Å². The molecule has 6 nitrogen and oxygen atoms in total. The fourth-order valence-corrected chi connectivity index (χ4v) is 2.71. The van der Waals surface area contributed by atoms with Crippen LogP contribution in [-0.4, -0.2) is 35.7 Å². The zero-order chi connectivity index (χ0) is 22.0. The molecule has 1 aliphatic heterocycles. The summed E-state index contributed by atoms with van der Waals surface area (Å²) in [6.07, 6.45) is -10.5. The molecule has 0 aromatic heterocycles. The average Bonchev–Trinajstić information content (AvgIpc) is 2.61. The van der Waals surface area contributed by atoms with Crippen LogP contribution in [0.5, 0.6) is 0 Å². The number of halogens is 6. The number of benzene rings is 1. The molecule has 0 amide bonds. The van der Waals surface area contributed by atoms with Gasteiger partial charge in [0.1, 0.15) is 11.5 Å². The SMILES string of the molecule is CCc1c(N=C2CC/C(C(F)(F)F)=N\N(C)C(N)=N2)ccc(C#N)c1C(F)(F)F. The summed E-state index contributed by atoms with van der Waals surface area (Å²) in [6.45, 7) is 1.45. The van der Waals surface area contributed by atoms with Gasteiger partial charge in [0.05, 0.1) is 22.9 Å². The van der Waals surface area contributed by atoms with E-state index in [1.54, 1.807) is 0 Å². The summed E-state index contributed by atoms with van der Waals surface area (Å²) in [4.78, 5) is 7.92. The van der Waals surface area contributed by atoms with E-state index in [0.717, 1.165) is 18.1 Å². The van der Waals surface area contributed by atoms with E-state index in [2.05, 4.69) is 15.1 Å². The smallest absolute Gasteiger partial charge is 0.368 e. The molecule has 0 saturated heterocycles. The number of nitrogens with two attached hydrogens (primary N) is 1.